The molecule has 2 aliphatic rings. The molecule has 2 atom stereocenters. The highest BCUT2D eigenvalue weighted by Gasteiger charge is 2.55. The molecule has 0 unspecified atom stereocenters. The third-order valence-electron chi connectivity index (χ3n) is 6.24. The number of carbonyl (C=O) groups is 2. The molecule has 1 amide bonds. The van der Waals surface area contributed by atoms with Crippen molar-refractivity contribution in [3.8, 4) is 0 Å². The molecule has 1 aliphatic carbocycles. The lowest BCUT2D eigenvalue weighted by Crippen LogP contribution is -2.37. The Bertz CT molecular complexity index is 841. The van der Waals surface area contributed by atoms with E-state index in [1.807, 2.05) is 19.2 Å². The number of rotatable bonds is 4. The van der Waals surface area contributed by atoms with Crippen LogP contribution in [0.15, 0.2) is 30.5 Å². The summed E-state index contributed by atoms with van der Waals surface area (Å²) in [6.07, 6.45) is 5.84. The molecule has 132 valence electrons. The van der Waals surface area contributed by atoms with Gasteiger partial charge in [-0.2, -0.15) is 0 Å². The highest BCUT2D eigenvalue weighted by molar-refractivity contribution is 5.85. The van der Waals surface area contributed by atoms with Crippen LogP contribution < -0.4 is 0 Å². The summed E-state index contributed by atoms with van der Waals surface area (Å²) >= 11 is 0. The number of benzene rings is 1. The van der Waals surface area contributed by atoms with Crippen LogP contribution in [0.3, 0.4) is 0 Å². The Morgan fingerprint density at radius 2 is 2.12 bits per heavy atom. The molecule has 1 aromatic heterocycles. The summed E-state index contributed by atoms with van der Waals surface area (Å²) in [7, 11) is 2.02. The van der Waals surface area contributed by atoms with Crippen molar-refractivity contribution in [2.75, 3.05) is 13.1 Å². The number of nitrogens with zero attached hydrogens (tertiary/aromatic N) is 2. The van der Waals surface area contributed by atoms with E-state index in [9.17, 15) is 14.7 Å². The molecule has 5 heteroatoms. The van der Waals surface area contributed by atoms with E-state index in [-0.39, 0.29) is 11.8 Å². The molecule has 2 fully saturated rings. The van der Waals surface area contributed by atoms with Crippen LogP contribution in [0.5, 0.6) is 0 Å². The van der Waals surface area contributed by atoms with Crippen molar-refractivity contribution in [2.24, 2.45) is 18.4 Å². The van der Waals surface area contributed by atoms with Gasteiger partial charge < -0.3 is 14.6 Å². The van der Waals surface area contributed by atoms with Gasteiger partial charge in [-0.05, 0) is 36.8 Å². The van der Waals surface area contributed by atoms with Gasteiger partial charge in [-0.3, -0.25) is 9.59 Å². The van der Waals surface area contributed by atoms with Crippen molar-refractivity contribution >= 4 is 22.8 Å². The number of carbonyl (C=O) groups excluding carboxylic acids is 1. The highest BCUT2D eigenvalue weighted by atomic mass is 16.4. The van der Waals surface area contributed by atoms with Gasteiger partial charge in [0.25, 0.3) is 0 Å². The van der Waals surface area contributed by atoms with E-state index in [2.05, 4.69) is 22.9 Å². The van der Waals surface area contributed by atoms with Crippen molar-refractivity contribution in [2.45, 2.75) is 32.1 Å². The van der Waals surface area contributed by atoms with Gasteiger partial charge in [-0.1, -0.05) is 24.6 Å². The maximum atomic E-state index is 12.7. The van der Waals surface area contributed by atoms with Crippen LogP contribution in [0.2, 0.25) is 0 Å². The van der Waals surface area contributed by atoms with Gasteiger partial charge in [0.2, 0.25) is 5.91 Å². The molecule has 1 N–H and O–H groups in total. The number of hydrogen-bond acceptors (Lipinski definition) is 2. The van der Waals surface area contributed by atoms with Gasteiger partial charge in [0, 0.05) is 43.7 Å². The summed E-state index contributed by atoms with van der Waals surface area (Å²) in [5.74, 6) is -0.506. The Labute approximate surface area is 147 Å². The van der Waals surface area contributed by atoms with Crippen LogP contribution in [-0.2, 0) is 23.1 Å². The van der Waals surface area contributed by atoms with Crippen LogP contribution >= 0.6 is 0 Å². The first-order valence-corrected chi connectivity index (χ1v) is 9.05. The molecule has 0 spiro atoms. The average Bonchev–Trinajstić information content (AvgIpc) is 3.24. The first-order chi connectivity index (χ1) is 12.0. The van der Waals surface area contributed by atoms with E-state index < -0.39 is 11.4 Å². The van der Waals surface area contributed by atoms with Crippen LogP contribution in [0, 0.1) is 11.3 Å². The lowest BCUT2D eigenvalue weighted by atomic mass is 9.81. The maximum absolute atomic E-state index is 12.7. The zero-order chi connectivity index (χ0) is 17.6. The van der Waals surface area contributed by atoms with Crippen molar-refractivity contribution in [1.82, 2.24) is 9.47 Å². The summed E-state index contributed by atoms with van der Waals surface area (Å²) in [5.41, 5.74) is 1.67. The number of carboxylic acids is 1. The summed E-state index contributed by atoms with van der Waals surface area (Å²) in [4.78, 5) is 26.2. The Morgan fingerprint density at radius 1 is 1.32 bits per heavy atom. The molecule has 1 aliphatic heterocycles. The number of aryl methyl sites for hydroxylation is 2. The zero-order valence-corrected chi connectivity index (χ0v) is 14.6. The van der Waals surface area contributed by atoms with E-state index in [1.54, 1.807) is 4.90 Å². The third kappa shape index (κ3) is 2.53. The fourth-order valence-corrected chi connectivity index (χ4v) is 4.85. The normalized spacial score (nSPS) is 25.5. The number of aliphatic carboxylic acids is 1. The number of para-hydroxylation sites is 1. The second-order valence-electron chi connectivity index (χ2n) is 7.61. The number of likely N-dealkylation sites (tertiary alicyclic amines) is 1. The Hall–Kier alpha value is -2.30. The monoisotopic (exact) mass is 340 g/mol. The van der Waals surface area contributed by atoms with Crippen LogP contribution in [0.25, 0.3) is 10.9 Å². The SMILES string of the molecule is Cn1cc(CCC(=O)N2C[C@@H]3CCC[C@@]3(C(=O)O)C2)c2ccccc21. The minimum atomic E-state index is -0.723. The van der Waals surface area contributed by atoms with Gasteiger partial charge in [-0.15, -0.1) is 0 Å². The Morgan fingerprint density at radius 3 is 2.88 bits per heavy atom. The standard InChI is InChI=1S/C20H24N2O3/c1-21-11-14(16-6-2-3-7-17(16)21)8-9-18(23)22-12-15-5-4-10-20(15,13-22)19(24)25/h2-3,6-7,11,15H,4-5,8-10,12-13H2,1H3,(H,24,25)/t15-,20+/m0/s1. The first kappa shape index (κ1) is 16.2. The summed E-state index contributed by atoms with van der Waals surface area (Å²) in [6, 6.07) is 8.21. The molecule has 4 rings (SSSR count). The molecule has 1 saturated carbocycles. The van der Waals surface area contributed by atoms with Gasteiger partial charge >= 0.3 is 5.97 Å². The van der Waals surface area contributed by atoms with Crippen LogP contribution in [0.1, 0.15) is 31.2 Å². The number of fused-ring (bicyclic) bond motifs is 2. The molecule has 25 heavy (non-hydrogen) atoms. The van der Waals surface area contributed by atoms with E-state index in [1.165, 1.54) is 16.5 Å². The maximum Gasteiger partial charge on any atom is 0.311 e. The van der Waals surface area contributed by atoms with Crippen molar-refractivity contribution in [3.05, 3.63) is 36.0 Å². The quantitative estimate of drug-likeness (QED) is 0.931. The second kappa shape index (κ2) is 5.90. The Kier molecular flexibility index (Phi) is 3.82. The highest BCUT2D eigenvalue weighted by Crippen LogP contribution is 2.49. The molecule has 0 radical (unpaired) electrons. The molecule has 1 aromatic carbocycles. The van der Waals surface area contributed by atoms with Crippen LogP contribution in [-0.4, -0.2) is 39.5 Å². The van der Waals surface area contributed by atoms with E-state index in [0.717, 1.165) is 12.8 Å². The summed E-state index contributed by atoms with van der Waals surface area (Å²) < 4.78 is 2.09. The molecule has 0 bridgehead atoms. The predicted octanol–water partition coefficient (Wildman–Crippen LogP) is 2.82. The van der Waals surface area contributed by atoms with Crippen molar-refractivity contribution in [1.29, 1.82) is 0 Å². The fraction of sp³-hybridized carbons (Fsp3) is 0.500. The van der Waals surface area contributed by atoms with E-state index in [0.29, 0.717) is 32.4 Å². The summed E-state index contributed by atoms with van der Waals surface area (Å²) in [5, 5.41) is 10.9. The van der Waals surface area contributed by atoms with E-state index in [4.69, 9.17) is 0 Å². The molecular formula is C20H24N2O3. The zero-order valence-electron chi connectivity index (χ0n) is 14.6. The number of hydrogen-bond donors (Lipinski definition) is 1. The Balaban J connectivity index is 1.45. The fourth-order valence-electron chi connectivity index (χ4n) is 4.85. The number of carboxylic acid groups (broad SMARTS) is 1. The van der Waals surface area contributed by atoms with Gasteiger partial charge in [0.05, 0.1) is 5.41 Å². The molecule has 5 nitrogen and oxygen atoms in total. The topological polar surface area (TPSA) is 62.5 Å². The summed E-state index contributed by atoms with van der Waals surface area (Å²) in [6.45, 7) is 1.00. The smallest absolute Gasteiger partial charge is 0.311 e. The van der Waals surface area contributed by atoms with Crippen molar-refractivity contribution < 1.29 is 14.7 Å². The average molecular weight is 340 g/mol. The van der Waals surface area contributed by atoms with E-state index >= 15 is 0 Å². The minimum absolute atomic E-state index is 0.0861. The first-order valence-electron chi connectivity index (χ1n) is 9.05. The second-order valence-corrected chi connectivity index (χ2v) is 7.61. The van der Waals surface area contributed by atoms with Crippen molar-refractivity contribution in [3.63, 3.8) is 0 Å². The number of aromatic nitrogens is 1. The molecule has 2 aromatic rings. The molecule has 1 saturated heterocycles. The number of amides is 1. The lowest BCUT2D eigenvalue weighted by Gasteiger charge is -2.23. The lowest BCUT2D eigenvalue weighted by molar-refractivity contribution is -0.149. The predicted molar refractivity (Wildman–Crippen MR) is 95.2 cm³/mol. The molecule has 2 heterocycles. The van der Waals surface area contributed by atoms with Gasteiger partial charge in [0.15, 0.2) is 0 Å². The third-order valence-corrected chi connectivity index (χ3v) is 6.24. The molecular weight excluding hydrogens is 316 g/mol. The van der Waals surface area contributed by atoms with Crippen LogP contribution in [0.4, 0.5) is 0 Å². The minimum Gasteiger partial charge on any atom is -0.481 e. The largest absolute Gasteiger partial charge is 0.481 e. The van der Waals surface area contributed by atoms with Gasteiger partial charge in [0.1, 0.15) is 0 Å². The van der Waals surface area contributed by atoms with Gasteiger partial charge in [-0.25, -0.2) is 0 Å².